The molecule has 9 heavy (non-hydrogen) atoms. The van der Waals surface area contributed by atoms with Crippen LogP contribution in [0.3, 0.4) is 0 Å². The quantitative estimate of drug-likeness (QED) is 0.425. The van der Waals surface area contributed by atoms with E-state index in [4.69, 9.17) is 17.2 Å². The summed E-state index contributed by atoms with van der Waals surface area (Å²) in [4.78, 5) is 3.58. The molecule has 4 nitrogen and oxygen atoms in total. The van der Waals surface area contributed by atoms with Gasteiger partial charge in [-0.25, -0.2) is 4.99 Å². The summed E-state index contributed by atoms with van der Waals surface area (Å²) in [5, 5.41) is 0. The Morgan fingerprint density at radius 3 is 2.33 bits per heavy atom. The number of hydrogen-bond acceptors (Lipinski definition) is 4. The second kappa shape index (κ2) is 3.54. The van der Waals surface area contributed by atoms with Crippen LogP contribution in [0.25, 0.3) is 0 Å². The standard InChI is InChI=1S/C5H10N4/c1-4(7)9-3-5(8)2-6/h2-3H,1,6-8H2/b5-2+,9-3?. The molecule has 0 amide bonds. The highest BCUT2D eigenvalue weighted by atomic mass is 14.9. The van der Waals surface area contributed by atoms with E-state index in [-0.39, 0.29) is 5.82 Å². The zero-order valence-electron chi connectivity index (χ0n) is 5.04. The van der Waals surface area contributed by atoms with Crippen LogP contribution in [0, 0.1) is 0 Å². The van der Waals surface area contributed by atoms with E-state index < -0.39 is 0 Å². The van der Waals surface area contributed by atoms with Crippen LogP contribution >= 0.6 is 0 Å². The fourth-order valence-electron chi connectivity index (χ4n) is 0.200. The number of rotatable bonds is 2. The Labute approximate surface area is 53.7 Å². The summed E-state index contributed by atoms with van der Waals surface area (Å²) < 4.78 is 0. The Bertz CT molecular complexity index is 156. The number of hydrogen-bond donors (Lipinski definition) is 3. The van der Waals surface area contributed by atoms with Crippen LogP contribution in [0.15, 0.2) is 29.3 Å². The molecule has 0 aliphatic carbocycles. The minimum atomic E-state index is 0.208. The van der Waals surface area contributed by atoms with Gasteiger partial charge in [-0.1, -0.05) is 6.58 Å². The van der Waals surface area contributed by atoms with Gasteiger partial charge in [-0.2, -0.15) is 0 Å². The first kappa shape index (κ1) is 7.55. The second-order valence-corrected chi connectivity index (χ2v) is 1.42. The maximum Gasteiger partial charge on any atom is 0.116 e. The van der Waals surface area contributed by atoms with Crippen LogP contribution in [0.1, 0.15) is 0 Å². The van der Waals surface area contributed by atoms with Crippen LogP contribution < -0.4 is 17.2 Å². The maximum atomic E-state index is 5.21. The van der Waals surface area contributed by atoms with Crippen LogP contribution in [-0.2, 0) is 0 Å². The van der Waals surface area contributed by atoms with E-state index in [0.717, 1.165) is 0 Å². The predicted molar refractivity (Wildman–Crippen MR) is 38.3 cm³/mol. The fourth-order valence-corrected chi connectivity index (χ4v) is 0.200. The fraction of sp³-hybridized carbons (Fsp3) is 0. The average Bonchev–Trinajstić information content (AvgIpc) is 1.83. The van der Waals surface area contributed by atoms with Gasteiger partial charge in [0.15, 0.2) is 0 Å². The number of nitrogens with zero attached hydrogens (tertiary/aromatic N) is 1. The minimum absolute atomic E-state index is 0.208. The first-order valence-corrected chi connectivity index (χ1v) is 2.32. The van der Waals surface area contributed by atoms with Gasteiger partial charge in [0.2, 0.25) is 0 Å². The van der Waals surface area contributed by atoms with Gasteiger partial charge in [-0.3, -0.25) is 0 Å². The van der Waals surface area contributed by atoms with E-state index in [1.165, 1.54) is 12.4 Å². The first-order chi connectivity index (χ1) is 4.16. The molecule has 0 radical (unpaired) electrons. The van der Waals surface area contributed by atoms with Gasteiger partial charge in [0, 0.05) is 6.20 Å². The molecule has 0 atom stereocenters. The number of allylic oxidation sites excluding steroid dienone is 1. The minimum Gasteiger partial charge on any atom is -0.403 e. The molecule has 0 unspecified atom stereocenters. The smallest absolute Gasteiger partial charge is 0.116 e. The summed E-state index contributed by atoms with van der Waals surface area (Å²) in [6.07, 6.45) is 2.56. The van der Waals surface area contributed by atoms with Crippen molar-refractivity contribution in [1.82, 2.24) is 0 Å². The van der Waals surface area contributed by atoms with Crippen molar-refractivity contribution in [3.63, 3.8) is 0 Å². The third kappa shape index (κ3) is 4.40. The van der Waals surface area contributed by atoms with Gasteiger partial charge < -0.3 is 17.2 Å². The largest absolute Gasteiger partial charge is 0.403 e. The zero-order valence-corrected chi connectivity index (χ0v) is 5.04. The molecule has 0 aromatic heterocycles. The second-order valence-electron chi connectivity index (χ2n) is 1.42. The molecule has 0 aliphatic rings. The molecule has 0 fully saturated rings. The molecule has 0 rings (SSSR count). The molecule has 4 heteroatoms. The topological polar surface area (TPSA) is 90.4 Å². The van der Waals surface area contributed by atoms with Crippen LogP contribution in [0.4, 0.5) is 0 Å². The summed E-state index contributed by atoms with van der Waals surface area (Å²) in [6.45, 7) is 3.32. The molecule has 0 aromatic rings. The van der Waals surface area contributed by atoms with E-state index in [1.807, 2.05) is 0 Å². The molecule has 0 heterocycles. The van der Waals surface area contributed by atoms with E-state index in [1.54, 1.807) is 0 Å². The lowest BCUT2D eigenvalue weighted by atomic mass is 10.5. The monoisotopic (exact) mass is 126 g/mol. The predicted octanol–water partition coefficient (Wildman–Crippen LogP) is -0.754. The van der Waals surface area contributed by atoms with Crippen molar-refractivity contribution >= 4 is 6.21 Å². The van der Waals surface area contributed by atoms with Crippen LogP contribution in [0.5, 0.6) is 0 Å². The molecule has 6 N–H and O–H groups in total. The first-order valence-electron chi connectivity index (χ1n) is 2.32. The number of aliphatic imine (C=N–C) groups is 1. The highest BCUT2D eigenvalue weighted by Crippen LogP contribution is 1.78. The van der Waals surface area contributed by atoms with E-state index in [9.17, 15) is 0 Å². The Kier molecular flexibility index (Phi) is 2.97. The maximum absolute atomic E-state index is 5.21. The molecular weight excluding hydrogens is 116 g/mol. The van der Waals surface area contributed by atoms with Crippen molar-refractivity contribution in [3.8, 4) is 0 Å². The van der Waals surface area contributed by atoms with Gasteiger partial charge in [0.1, 0.15) is 5.82 Å². The summed E-state index contributed by atoms with van der Waals surface area (Å²) >= 11 is 0. The van der Waals surface area contributed by atoms with Crippen molar-refractivity contribution in [2.75, 3.05) is 0 Å². The Hall–Kier alpha value is -1.45. The van der Waals surface area contributed by atoms with Gasteiger partial charge >= 0.3 is 0 Å². The van der Waals surface area contributed by atoms with Crippen molar-refractivity contribution in [1.29, 1.82) is 0 Å². The summed E-state index contributed by atoms with van der Waals surface area (Å²) in [7, 11) is 0. The van der Waals surface area contributed by atoms with Crippen LogP contribution in [-0.4, -0.2) is 6.21 Å². The Balaban J connectivity index is 3.86. The zero-order chi connectivity index (χ0) is 7.28. The molecule has 0 aliphatic heterocycles. The van der Waals surface area contributed by atoms with Crippen molar-refractivity contribution in [2.45, 2.75) is 0 Å². The Morgan fingerprint density at radius 2 is 2.00 bits per heavy atom. The summed E-state index contributed by atoms with van der Waals surface area (Å²) in [5.41, 5.74) is 15.7. The molecule has 0 spiro atoms. The molecule has 0 bridgehead atoms. The highest BCUT2D eigenvalue weighted by molar-refractivity contribution is 5.77. The lowest BCUT2D eigenvalue weighted by molar-refractivity contribution is 1.26. The Morgan fingerprint density at radius 1 is 1.44 bits per heavy atom. The molecule has 0 saturated heterocycles. The molecule has 0 saturated carbocycles. The van der Waals surface area contributed by atoms with Crippen molar-refractivity contribution in [3.05, 3.63) is 24.3 Å². The summed E-state index contributed by atoms with van der Waals surface area (Å²) in [6, 6.07) is 0. The van der Waals surface area contributed by atoms with Crippen molar-refractivity contribution in [2.24, 2.45) is 22.2 Å². The lowest BCUT2D eigenvalue weighted by Crippen LogP contribution is -2.02. The van der Waals surface area contributed by atoms with Gasteiger partial charge in [-0.05, 0) is 0 Å². The van der Waals surface area contributed by atoms with Gasteiger partial charge in [-0.15, -0.1) is 0 Å². The molecular formula is C5H10N4. The van der Waals surface area contributed by atoms with Gasteiger partial charge in [0.05, 0.1) is 11.9 Å². The lowest BCUT2D eigenvalue weighted by Gasteiger charge is -1.87. The van der Waals surface area contributed by atoms with Crippen molar-refractivity contribution < 1.29 is 0 Å². The normalized spacial score (nSPS) is 12.2. The van der Waals surface area contributed by atoms with E-state index >= 15 is 0 Å². The summed E-state index contributed by atoms with van der Waals surface area (Å²) in [5.74, 6) is 0.208. The molecule has 50 valence electrons. The SMILES string of the molecule is C=C(N)N=C/C(N)=C\N. The van der Waals surface area contributed by atoms with E-state index in [2.05, 4.69) is 11.6 Å². The number of nitrogens with two attached hydrogens (primary N) is 3. The van der Waals surface area contributed by atoms with Gasteiger partial charge in [0.25, 0.3) is 0 Å². The van der Waals surface area contributed by atoms with E-state index in [0.29, 0.717) is 5.70 Å². The third-order valence-electron chi connectivity index (χ3n) is 0.572. The average molecular weight is 126 g/mol. The third-order valence-corrected chi connectivity index (χ3v) is 0.572. The molecule has 0 aromatic carbocycles. The van der Waals surface area contributed by atoms with Crippen LogP contribution in [0.2, 0.25) is 0 Å². The highest BCUT2D eigenvalue weighted by Gasteiger charge is 1.77.